The van der Waals surface area contributed by atoms with E-state index in [4.69, 9.17) is 9.47 Å². The van der Waals surface area contributed by atoms with Crippen molar-refractivity contribution in [3.05, 3.63) is 48.7 Å². The van der Waals surface area contributed by atoms with Gasteiger partial charge in [0.15, 0.2) is 6.61 Å². The van der Waals surface area contributed by atoms with Crippen molar-refractivity contribution in [1.82, 2.24) is 15.2 Å². The summed E-state index contributed by atoms with van der Waals surface area (Å²) in [6.45, 7) is 1.84. The molecule has 1 N–H and O–H groups in total. The third-order valence-corrected chi connectivity index (χ3v) is 4.02. The number of carbonyl (C=O) groups is 1. The fraction of sp³-hybridized carbons (Fsp3) is 0.333. The Labute approximate surface area is 165 Å². The second kappa shape index (κ2) is 10.9. The minimum Gasteiger partial charge on any atom is -0.484 e. The molecular formula is C18H23Cl2N3O3. The molecule has 8 heteroatoms. The molecule has 142 valence electrons. The van der Waals surface area contributed by atoms with Gasteiger partial charge in [0.2, 0.25) is 5.88 Å². The van der Waals surface area contributed by atoms with Crippen molar-refractivity contribution in [2.75, 3.05) is 26.7 Å². The van der Waals surface area contributed by atoms with Crippen LogP contribution in [-0.4, -0.2) is 48.6 Å². The maximum absolute atomic E-state index is 12.2. The topological polar surface area (TPSA) is 63.7 Å². The Bertz CT molecular complexity index is 665. The Morgan fingerprint density at radius 3 is 2.54 bits per heavy atom. The highest BCUT2D eigenvalue weighted by atomic mass is 35.5. The van der Waals surface area contributed by atoms with Gasteiger partial charge >= 0.3 is 0 Å². The van der Waals surface area contributed by atoms with Crippen molar-refractivity contribution in [2.24, 2.45) is 0 Å². The van der Waals surface area contributed by atoms with Gasteiger partial charge in [-0.1, -0.05) is 6.07 Å². The van der Waals surface area contributed by atoms with Crippen molar-refractivity contribution >= 4 is 30.7 Å². The number of ether oxygens (including phenoxy) is 2. The molecule has 1 atom stereocenters. The fourth-order valence-electron chi connectivity index (χ4n) is 2.55. The average Bonchev–Trinajstić information content (AvgIpc) is 3.16. The second-order valence-corrected chi connectivity index (χ2v) is 5.68. The van der Waals surface area contributed by atoms with Crippen LogP contribution in [0.5, 0.6) is 17.4 Å². The summed E-state index contributed by atoms with van der Waals surface area (Å²) in [5, 5.41) is 3.25. The first-order valence-electron chi connectivity index (χ1n) is 8.00. The molecular weight excluding hydrogens is 377 g/mol. The van der Waals surface area contributed by atoms with Gasteiger partial charge in [-0.15, -0.1) is 24.8 Å². The zero-order valence-corrected chi connectivity index (χ0v) is 16.1. The highest BCUT2D eigenvalue weighted by Gasteiger charge is 2.23. The van der Waals surface area contributed by atoms with E-state index in [9.17, 15) is 4.79 Å². The minimum atomic E-state index is -0.0162. The van der Waals surface area contributed by atoms with E-state index in [1.807, 2.05) is 19.2 Å². The average molecular weight is 400 g/mol. The molecule has 3 rings (SSSR count). The van der Waals surface area contributed by atoms with E-state index in [-0.39, 0.29) is 43.4 Å². The highest BCUT2D eigenvalue weighted by Crippen LogP contribution is 2.22. The molecule has 1 aliphatic rings. The molecule has 26 heavy (non-hydrogen) atoms. The maximum Gasteiger partial charge on any atom is 0.260 e. The molecule has 1 saturated heterocycles. The number of pyridine rings is 1. The first-order chi connectivity index (χ1) is 11.7. The van der Waals surface area contributed by atoms with Crippen LogP contribution in [0.4, 0.5) is 0 Å². The highest BCUT2D eigenvalue weighted by molar-refractivity contribution is 5.85. The molecule has 0 radical (unpaired) electrons. The van der Waals surface area contributed by atoms with Crippen LogP contribution in [0.3, 0.4) is 0 Å². The van der Waals surface area contributed by atoms with Crippen molar-refractivity contribution < 1.29 is 14.3 Å². The van der Waals surface area contributed by atoms with E-state index in [0.717, 1.165) is 19.5 Å². The number of hydrogen-bond donors (Lipinski definition) is 1. The van der Waals surface area contributed by atoms with Crippen LogP contribution in [0.2, 0.25) is 0 Å². The van der Waals surface area contributed by atoms with Gasteiger partial charge in [-0.2, -0.15) is 0 Å². The molecule has 1 unspecified atom stereocenters. The van der Waals surface area contributed by atoms with Gasteiger partial charge in [0.1, 0.15) is 11.5 Å². The van der Waals surface area contributed by atoms with Gasteiger partial charge in [0, 0.05) is 31.9 Å². The molecule has 0 bridgehead atoms. The minimum absolute atomic E-state index is 0. The molecule has 1 aromatic heterocycles. The van der Waals surface area contributed by atoms with Gasteiger partial charge in [-0.05, 0) is 43.3 Å². The van der Waals surface area contributed by atoms with Gasteiger partial charge in [-0.25, -0.2) is 4.98 Å². The number of carbonyl (C=O) groups excluding carboxylic acids is 1. The number of nitrogens with one attached hydrogen (secondary N) is 1. The maximum atomic E-state index is 12.2. The van der Waals surface area contributed by atoms with Crippen molar-refractivity contribution in [3.8, 4) is 17.4 Å². The molecule has 1 amide bonds. The quantitative estimate of drug-likeness (QED) is 0.808. The van der Waals surface area contributed by atoms with Crippen LogP contribution in [0.15, 0.2) is 48.7 Å². The van der Waals surface area contributed by atoms with Crippen molar-refractivity contribution in [3.63, 3.8) is 0 Å². The lowest BCUT2D eigenvalue weighted by atomic mass is 10.2. The normalized spacial score (nSPS) is 15.3. The number of rotatable bonds is 6. The molecule has 6 nitrogen and oxygen atoms in total. The SMILES string of the molecule is CN(C(=O)COc1ccc(Oc2ccccn2)cc1)C1CCNC1.Cl.Cl. The zero-order chi connectivity index (χ0) is 16.8. The number of amides is 1. The molecule has 1 fully saturated rings. The summed E-state index contributed by atoms with van der Waals surface area (Å²) in [6.07, 6.45) is 2.66. The van der Waals surface area contributed by atoms with Crippen molar-refractivity contribution in [1.29, 1.82) is 0 Å². The summed E-state index contributed by atoms with van der Waals surface area (Å²) < 4.78 is 11.2. The number of aromatic nitrogens is 1. The summed E-state index contributed by atoms with van der Waals surface area (Å²) in [7, 11) is 1.83. The summed E-state index contributed by atoms with van der Waals surface area (Å²) in [6, 6.07) is 12.9. The van der Waals surface area contributed by atoms with E-state index in [1.165, 1.54) is 0 Å². The van der Waals surface area contributed by atoms with E-state index in [1.54, 1.807) is 41.4 Å². The largest absolute Gasteiger partial charge is 0.484 e. The molecule has 2 aromatic rings. The number of benzene rings is 1. The Hall–Kier alpha value is -2.02. The third kappa shape index (κ3) is 6.05. The van der Waals surface area contributed by atoms with Gasteiger partial charge in [0.05, 0.1) is 0 Å². The zero-order valence-electron chi connectivity index (χ0n) is 14.5. The van der Waals surface area contributed by atoms with E-state index in [0.29, 0.717) is 17.4 Å². The third-order valence-electron chi connectivity index (χ3n) is 4.02. The van der Waals surface area contributed by atoms with E-state index in [2.05, 4.69) is 10.3 Å². The molecule has 0 aliphatic carbocycles. The first kappa shape index (κ1) is 22.0. The van der Waals surface area contributed by atoms with Gasteiger partial charge < -0.3 is 19.7 Å². The molecule has 1 aromatic carbocycles. The lowest BCUT2D eigenvalue weighted by molar-refractivity contribution is -0.133. The fourth-order valence-corrected chi connectivity index (χ4v) is 2.55. The monoisotopic (exact) mass is 399 g/mol. The number of halogens is 2. The van der Waals surface area contributed by atoms with Crippen molar-refractivity contribution in [2.45, 2.75) is 12.5 Å². The number of nitrogens with zero attached hydrogens (tertiary/aromatic N) is 2. The number of likely N-dealkylation sites (N-methyl/N-ethyl adjacent to an activating group) is 1. The second-order valence-electron chi connectivity index (χ2n) is 5.68. The molecule has 1 aliphatic heterocycles. The van der Waals surface area contributed by atoms with Crippen LogP contribution >= 0.6 is 24.8 Å². The predicted octanol–water partition coefficient (Wildman–Crippen LogP) is 2.92. The Balaban J connectivity index is 0.00000169. The molecule has 0 saturated carbocycles. The first-order valence-corrected chi connectivity index (χ1v) is 8.00. The standard InChI is InChI=1S/C18H21N3O3.2ClH/c1-21(14-9-11-19-12-14)18(22)13-23-15-5-7-16(8-6-15)24-17-4-2-3-10-20-17;;/h2-8,10,14,19H,9,11-13H2,1H3;2*1H. The Kier molecular flexibility index (Phi) is 9.19. The van der Waals surface area contributed by atoms with Gasteiger partial charge in [0.25, 0.3) is 5.91 Å². The molecule has 2 heterocycles. The Morgan fingerprint density at radius 2 is 1.92 bits per heavy atom. The number of hydrogen-bond acceptors (Lipinski definition) is 5. The lowest BCUT2D eigenvalue weighted by Gasteiger charge is -2.23. The summed E-state index contributed by atoms with van der Waals surface area (Å²) in [5.41, 5.74) is 0. The molecule has 0 spiro atoms. The Morgan fingerprint density at radius 1 is 1.19 bits per heavy atom. The smallest absolute Gasteiger partial charge is 0.260 e. The summed E-state index contributed by atoms with van der Waals surface area (Å²) in [5.74, 6) is 1.82. The predicted molar refractivity (Wildman–Crippen MR) is 105 cm³/mol. The summed E-state index contributed by atoms with van der Waals surface area (Å²) in [4.78, 5) is 18.0. The van der Waals surface area contributed by atoms with Gasteiger partial charge in [-0.3, -0.25) is 4.79 Å². The van der Waals surface area contributed by atoms with Crippen LogP contribution < -0.4 is 14.8 Å². The van der Waals surface area contributed by atoms with Crippen LogP contribution in [-0.2, 0) is 4.79 Å². The van der Waals surface area contributed by atoms with Crippen LogP contribution in [0.1, 0.15) is 6.42 Å². The van der Waals surface area contributed by atoms with Crippen LogP contribution in [0, 0.1) is 0 Å². The van der Waals surface area contributed by atoms with Crippen LogP contribution in [0.25, 0.3) is 0 Å². The van der Waals surface area contributed by atoms with E-state index < -0.39 is 0 Å². The van der Waals surface area contributed by atoms with E-state index >= 15 is 0 Å². The lowest BCUT2D eigenvalue weighted by Crippen LogP contribution is -2.40. The summed E-state index contributed by atoms with van der Waals surface area (Å²) >= 11 is 0.